The SMILES string of the molecule is O=C(N[C@@H](Cc1coc2ccccc12)B(O)O)C(=O)N1CC2COCC2C1. The standard InChI is InChI=1S/C18H21BN2O6/c22-17(18(23)21-6-12-8-26-9-13(12)7-21)20-16(19(24)25)5-11-10-27-15-4-2-1-3-14(11)15/h1-4,10,12-13,16,24-25H,5-9H2,(H,20,22)/t12?,13?,16-/m0/s1. The minimum absolute atomic E-state index is 0.132. The monoisotopic (exact) mass is 372 g/mol. The second kappa shape index (κ2) is 7.34. The quantitative estimate of drug-likeness (QED) is 0.496. The Morgan fingerprint density at radius 1 is 1.22 bits per heavy atom. The van der Waals surface area contributed by atoms with Gasteiger partial charge in [-0.2, -0.15) is 0 Å². The summed E-state index contributed by atoms with van der Waals surface area (Å²) in [4.78, 5) is 26.3. The number of likely N-dealkylation sites (tertiary alicyclic amines) is 1. The molecule has 8 nitrogen and oxygen atoms in total. The normalized spacial score (nSPS) is 22.7. The molecule has 3 atom stereocenters. The molecule has 0 saturated carbocycles. The number of hydrogen-bond donors (Lipinski definition) is 3. The van der Waals surface area contributed by atoms with Gasteiger partial charge < -0.3 is 29.4 Å². The highest BCUT2D eigenvalue weighted by Gasteiger charge is 2.41. The van der Waals surface area contributed by atoms with Crippen LogP contribution in [-0.2, 0) is 20.7 Å². The second-order valence-electron chi connectivity index (χ2n) is 7.22. The summed E-state index contributed by atoms with van der Waals surface area (Å²) in [5, 5.41) is 22.6. The lowest BCUT2D eigenvalue weighted by Gasteiger charge is -2.20. The number of hydrogen-bond acceptors (Lipinski definition) is 6. The summed E-state index contributed by atoms with van der Waals surface area (Å²) >= 11 is 0. The Morgan fingerprint density at radius 2 is 1.93 bits per heavy atom. The smallest absolute Gasteiger partial charge is 0.464 e. The number of ether oxygens (including phenoxy) is 1. The van der Waals surface area contributed by atoms with Crippen LogP contribution in [-0.4, -0.2) is 66.1 Å². The molecule has 1 aromatic carbocycles. The number of rotatable bonds is 4. The summed E-state index contributed by atoms with van der Waals surface area (Å²) in [6.07, 6.45) is 1.66. The molecule has 27 heavy (non-hydrogen) atoms. The van der Waals surface area contributed by atoms with Gasteiger partial charge in [-0.25, -0.2) is 0 Å². The van der Waals surface area contributed by atoms with Crippen LogP contribution in [0.4, 0.5) is 0 Å². The first-order valence-corrected chi connectivity index (χ1v) is 9.01. The molecule has 2 aromatic rings. The fourth-order valence-corrected chi connectivity index (χ4v) is 3.89. The molecule has 4 rings (SSSR count). The molecule has 2 aliphatic rings. The van der Waals surface area contributed by atoms with Gasteiger partial charge >= 0.3 is 18.9 Å². The Bertz CT molecular complexity index is 841. The first-order chi connectivity index (χ1) is 13.0. The molecular weight excluding hydrogens is 351 g/mol. The van der Waals surface area contributed by atoms with E-state index < -0.39 is 24.9 Å². The molecule has 3 N–H and O–H groups in total. The average molecular weight is 372 g/mol. The third kappa shape index (κ3) is 3.58. The van der Waals surface area contributed by atoms with E-state index in [1.807, 2.05) is 18.2 Å². The van der Waals surface area contributed by atoms with E-state index in [9.17, 15) is 19.6 Å². The number of nitrogens with zero attached hydrogens (tertiary/aromatic N) is 1. The maximum Gasteiger partial charge on any atom is 0.475 e. The van der Waals surface area contributed by atoms with Gasteiger partial charge in [0.15, 0.2) is 0 Å². The van der Waals surface area contributed by atoms with Gasteiger partial charge in [-0.1, -0.05) is 18.2 Å². The Balaban J connectivity index is 1.42. The molecular formula is C18H21BN2O6. The van der Waals surface area contributed by atoms with Crippen LogP contribution in [0.1, 0.15) is 5.56 Å². The Kier molecular flexibility index (Phi) is 4.90. The third-order valence-corrected chi connectivity index (χ3v) is 5.40. The van der Waals surface area contributed by atoms with Crippen LogP contribution in [0.3, 0.4) is 0 Å². The van der Waals surface area contributed by atoms with Gasteiger partial charge in [-0.05, 0) is 18.1 Å². The number of carbonyl (C=O) groups excluding carboxylic acids is 2. The van der Waals surface area contributed by atoms with Crippen molar-refractivity contribution >= 4 is 29.9 Å². The van der Waals surface area contributed by atoms with Gasteiger partial charge in [-0.15, -0.1) is 0 Å². The van der Waals surface area contributed by atoms with Crippen LogP contribution in [0.2, 0.25) is 0 Å². The van der Waals surface area contributed by atoms with Gasteiger partial charge in [0.2, 0.25) is 0 Å². The van der Waals surface area contributed by atoms with E-state index in [1.54, 1.807) is 6.07 Å². The minimum atomic E-state index is -1.80. The number of carbonyl (C=O) groups is 2. The van der Waals surface area contributed by atoms with Crippen molar-refractivity contribution in [1.29, 1.82) is 0 Å². The van der Waals surface area contributed by atoms with Gasteiger partial charge in [0.05, 0.1) is 25.4 Å². The lowest BCUT2D eigenvalue weighted by Crippen LogP contribution is -2.52. The van der Waals surface area contributed by atoms with Crippen LogP contribution < -0.4 is 5.32 Å². The van der Waals surface area contributed by atoms with Crippen molar-refractivity contribution in [3.8, 4) is 0 Å². The third-order valence-electron chi connectivity index (χ3n) is 5.40. The van der Waals surface area contributed by atoms with Crippen LogP contribution in [0, 0.1) is 11.8 Å². The number of para-hydroxylation sites is 1. The zero-order valence-electron chi connectivity index (χ0n) is 14.7. The highest BCUT2D eigenvalue weighted by Crippen LogP contribution is 2.29. The molecule has 1 aromatic heterocycles. The highest BCUT2D eigenvalue weighted by molar-refractivity contribution is 6.45. The van der Waals surface area contributed by atoms with Crippen molar-refractivity contribution in [3.63, 3.8) is 0 Å². The summed E-state index contributed by atoms with van der Waals surface area (Å²) < 4.78 is 10.8. The maximum atomic E-state index is 12.4. The summed E-state index contributed by atoms with van der Waals surface area (Å²) in [6, 6.07) is 7.35. The van der Waals surface area contributed by atoms with Crippen molar-refractivity contribution in [2.45, 2.75) is 12.4 Å². The van der Waals surface area contributed by atoms with Crippen LogP contribution in [0.25, 0.3) is 11.0 Å². The molecule has 0 bridgehead atoms. The molecule has 142 valence electrons. The van der Waals surface area contributed by atoms with Crippen LogP contribution in [0.15, 0.2) is 34.9 Å². The largest absolute Gasteiger partial charge is 0.475 e. The van der Waals surface area contributed by atoms with Gasteiger partial charge in [-0.3, -0.25) is 9.59 Å². The molecule has 3 heterocycles. The number of fused-ring (bicyclic) bond motifs is 2. The maximum absolute atomic E-state index is 12.4. The van der Waals surface area contributed by atoms with Gasteiger partial charge in [0.25, 0.3) is 0 Å². The first-order valence-electron chi connectivity index (χ1n) is 9.01. The predicted octanol–water partition coefficient (Wildman–Crippen LogP) is -0.423. The topological polar surface area (TPSA) is 112 Å². The minimum Gasteiger partial charge on any atom is -0.464 e. The van der Waals surface area contributed by atoms with E-state index in [-0.39, 0.29) is 18.3 Å². The van der Waals surface area contributed by atoms with Crippen LogP contribution in [0.5, 0.6) is 0 Å². The fraction of sp³-hybridized carbons (Fsp3) is 0.444. The highest BCUT2D eigenvalue weighted by atomic mass is 16.5. The van der Waals surface area contributed by atoms with Crippen molar-refractivity contribution in [2.24, 2.45) is 11.8 Å². The molecule has 0 spiro atoms. The van der Waals surface area contributed by atoms with Crippen molar-refractivity contribution in [3.05, 3.63) is 36.1 Å². The van der Waals surface area contributed by atoms with Crippen LogP contribution >= 0.6 is 0 Å². The Morgan fingerprint density at radius 3 is 2.63 bits per heavy atom. The molecule has 0 radical (unpaired) electrons. The zero-order chi connectivity index (χ0) is 19.0. The van der Waals surface area contributed by atoms with E-state index in [2.05, 4.69) is 5.32 Å². The number of benzene rings is 1. The molecule has 0 aliphatic carbocycles. The van der Waals surface area contributed by atoms with Gasteiger partial charge in [0.1, 0.15) is 5.58 Å². The van der Waals surface area contributed by atoms with E-state index >= 15 is 0 Å². The molecule has 2 unspecified atom stereocenters. The van der Waals surface area contributed by atoms with E-state index in [4.69, 9.17) is 9.15 Å². The average Bonchev–Trinajstić information content (AvgIpc) is 3.35. The fourth-order valence-electron chi connectivity index (χ4n) is 3.89. The van der Waals surface area contributed by atoms with E-state index in [0.717, 1.165) is 10.9 Å². The molecule has 2 amide bonds. The molecule has 2 aliphatic heterocycles. The molecule has 9 heteroatoms. The van der Waals surface area contributed by atoms with E-state index in [1.165, 1.54) is 11.2 Å². The zero-order valence-corrected chi connectivity index (χ0v) is 14.7. The molecule has 2 fully saturated rings. The van der Waals surface area contributed by atoms with Crippen molar-refractivity contribution in [1.82, 2.24) is 10.2 Å². The summed E-state index contributed by atoms with van der Waals surface area (Å²) in [7, 11) is -1.80. The van der Waals surface area contributed by atoms with Crippen molar-refractivity contribution < 1.29 is 28.8 Å². The second-order valence-corrected chi connectivity index (χ2v) is 7.22. The number of furan rings is 1. The lowest BCUT2D eigenvalue weighted by atomic mass is 9.76. The van der Waals surface area contributed by atoms with Gasteiger partial charge in [0, 0.05) is 30.3 Å². The van der Waals surface area contributed by atoms with Crippen molar-refractivity contribution in [2.75, 3.05) is 26.3 Å². The number of amides is 2. The molecule has 2 saturated heterocycles. The summed E-state index contributed by atoms with van der Waals surface area (Å²) in [5.41, 5.74) is 1.40. The Hall–Kier alpha value is -2.36. The summed E-state index contributed by atoms with van der Waals surface area (Å²) in [5.74, 6) is -1.95. The lowest BCUT2D eigenvalue weighted by molar-refractivity contribution is -0.145. The first kappa shape index (κ1) is 18.0. The van der Waals surface area contributed by atoms with E-state index in [0.29, 0.717) is 31.9 Å². The number of nitrogens with one attached hydrogen (secondary N) is 1. The predicted molar refractivity (Wildman–Crippen MR) is 96.4 cm³/mol. The summed E-state index contributed by atoms with van der Waals surface area (Å²) in [6.45, 7) is 2.22. The Labute approximate surface area is 156 Å².